The summed E-state index contributed by atoms with van der Waals surface area (Å²) < 4.78 is 40.2. The Morgan fingerprint density at radius 1 is 1.45 bits per heavy atom. The summed E-state index contributed by atoms with van der Waals surface area (Å²) in [5, 5.41) is 3.33. The lowest BCUT2D eigenvalue weighted by Crippen LogP contribution is -2.47. The van der Waals surface area contributed by atoms with Gasteiger partial charge in [0.25, 0.3) is 0 Å². The molecule has 2 N–H and O–H groups in total. The van der Waals surface area contributed by atoms with Gasteiger partial charge < -0.3 is 5.32 Å². The van der Waals surface area contributed by atoms with Crippen LogP contribution in [0.1, 0.15) is 25.3 Å². The standard InChI is InChI=1S/C14H21FN2O2S/c1-10-4-3-7-16-13(10)9-17-20(18,19)14-6-5-12(15)8-11(14)2/h5-6,8,10,13,16-17H,3-4,7,9H2,1-2H3. The summed E-state index contributed by atoms with van der Waals surface area (Å²) in [5.74, 6) is 0.0183. The molecule has 1 fully saturated rings. The number of hydrogen-bond donors (Lipinski definition) is 2. The molecule has 0 saturated carbocycles. The minimum Gasteiger partial charge on any atom is -0.312 e. The van der Waals surface area contributed by atoms with Gasteiger partial charge in [-0.25, -0.2) is 17.5 Å². The SMILES string of the molecule is Cc1cc(F)ccc1S(=O)(=O)NCC1NCCCC1C. The highest BCUT2D eigenvalue weighted by atomic mass is 32.2. The van der Waals surface area contributed by atoms with Crippen molar-refractivity contribution in [3.63, 3.8) is 0 Å². The molecular weight excluding hydrogens is 279 g/mol. The van der Waals surface area contributed by atoms with Gasteiger partial charge in [-0.05, 0) is 56.0 Å². The van der Waals surface area contributed by atoms with E-state index < -0.39 is 15.8 Å². The van der Waals surface area contributed by atoms with Crippen LogP contribution in [0.15, 0.2) is 23.1 Å². The largest absolute Gasteiger partial charge is 0.312 e. The third-order valence-corrected chi connectivity index (χ3v) is 5.43. The molecule has 1 aromatic carbocycles. The number of halogens is 1. The van der Waals surface area contributed by atoms with E-state index in [4.69, 9.17) is 0 Å². The average molecular weight is 300 g/mol. The molecule has 4 nitrogen and oxygen atoms in total. The Morgan fingerprint density at radius 2 is 2.20 bits per heavy atom. The minimum absolute atomic E-state index is 0.141. The van der Waals surface area contributed by atoms with Crippen LogP contribution in [0.4, 0.5) is 4.39 Å². The van der Waals surface area contributed by atoms with Crippen LogP contribution in [0.5, 0.6) is 0 Å². The fraction of sp³-hybridized carbons (Fsp3) is 0.571. The lowest BCUT2D eigenvalue weighted by Gasteiger charge is -2.30. The molecule has 2 rings (SSSR count). The van der Waals surface area contributed by atoms with E-state index in [0.29, 0.717) is 18.0 Å². The van der Waals surface area contributed by atoms with Crippen molar-refractivity contribution < 1.29 is 12.8 Å². The molecule has 0 aromatic heterocycles. The molecule has 6 heteroatoms. The first-order valence-electron chi connectivity index (χ1n) is 6.89. The molecule has 1 aliphatic rings. The van der Waals surface area contributed by atoms with Gasteiger partial charge in [0.1, 0.15) is 5.82 Å². The Balaban J connectivity index is 2.07. The zero-order valence-corrected chi connectivity index (χ0v) is 12.6. The van der Waals surface area contributed by atoms with E-state index in [0.717, 1.165) is 19.4 Å². The molecule has 0 bridgehead atoms. The lowest BCUT2D eigenvalue weighted by atomic mass is 9.93. The number of benzene rings is 1. The Morgan fingerprint density at radius 3 is 2.85 bits per heavy atom. The van der Waals surface area contributed by atoms with Gasteiger partial charge in [-0.3, -0.25) is 0 Å². The second-order valence-electron chi connectivity index (χ2n) is 5.44. The smallest absolute Gasteiger partial charge is 0.240 e. The lowest BCUT2D eigenvalue weighted by molar-refractivity contribution is 0.300. The molecule has 0 amide bonds. The third kappa shape index (κ3) is 3.56. The summed E-state index contributed by atoms with van der Waals surface area (Å²) in [4.78, 5) is 0.141. The Bertz CT molecular complexity index is 575. The molecular formula is C14H21FN2O2S. The summed E-state index contributed by atoms with van der Waals surface area (Å²) >= 11 is 0. The van der Waals surface area contributed by atoms with Gasteiger partial charge in [0.2, 0.25) is 10.0 Å². The number of hydrogen-bond acceptors (Lipinski definition) is 3. The van der Waals surface area contributed by atoms with Crippen LogP contribution in [0, 0.1) is 18.7 Å². The van der Waals surface area contributed by atoms with Crippen molar-refractivity contribution in [2.75, 3.05) is 13.1 Å². The molecule has 1 aromatic rings. The molecule has 0 radical (unpaired) electrons. The maximum absolute atomic E-state index is 13.0. The van der Waals surface area contributed by atoms with Crippen LogP contribution in [-0.2, 0) is 10.0 Å². The van der Waals surface area contributed by atoms with Gasteiger partial charge in [-0.2, -0.15) is 0 Å². The normalized spacial score (nSPS) is 23.8. The minimum atomic E-state index is -3.59. The second-order valence-corrected chi connectivity index (χ2v) is 7.18. The Kier molecular flexibility index (Phi) is 4.78. The van der Waals surface area contributed by atoms with E-state index in [1.54, 1.807) is 6.92 Å². The van der Waals surface area contributed by atoms with Gasteiger partial charge in [-0.1, -0.05) is 6.92 Å². The van der Waals surface area contributed by atoms with E-state index in [9.17, 15) is 12.8 Å². The zero-order chi connectivity index (χ0) is 14.8. The summed E-state index contributed by atoms with van der Waals surface area (Å²) in [5.41, 5.74) is 0.419. The van der Waals surface area contributed by atoms with E-state index in [1.165, 1.54) is 18.2 Å². The van der Waals surface area contributed by atoms with Crippen molar-refractivity contribution in [2.45, 2.75) is 37.6 Å². The summed E-state index contributed by atoms with van der Waals surface area (Å²) in [6.45, 7) is 5.00. The molecule has 2 unspecified atom stereocenters. The van der Waals surface area contributed by atoms with Gasteiger partial charge in [0.05, 0.1) is 4.90 Å². The van der Waals surface area contributed by atoms with Crippen molar-refractivity contribution in [1.29, 1.82) is 0 Å². The predicted octanol–water partition coefficient (Wildman–Crippen LogP) is 1.80. The van der Waals surface area contributed by atoms with Crippen molar-refractivity contribution >= 4 is 10.0 Å². The van der Waals surface area contributed by atoms with Crippen LogP contribution in [0.3, 0.4) is 0 Å². The maximum atomic E-state index is 13.0. The van der Waals surface area contributed by atoms with Crippen LogP contribution >= 0.6 is 0 Å². The highest BCUT2D eigenvalue weighted by molar-refractivity contribution is 7.89. The quantitative estimate of drug-likeness (QED) is 0.891. The summed E-state index contributed by atoms with van der Waals surface area (Å²) in [6.07, 6.45) is 2.23. The highest BCUT2D eigenvalue weighted by Gasteiger charge is 2.24. The molecule has 1 heterocycles. The summed E-state index contributed by atoms with van der Waals surface area (Å²) in [7, 11) is -3.59. The number of rotatable bonds is 4. The number of aryl methyl sites for hydroxylation is 1. The average Bonchev–Trinajstić information content (AvgIpc) is 2.37. The van der Waals surface area contributed by atoms with Crippen LogP contribution in [-0.4, -0.2) is 27.5 Å². The van der Waals surface area contributed by atoms with E-state index in [-0.39, 0.29) is 10.9 Å². The van der Waals surface area contributed by atoms with Crippen molar-refractivity contribution in [3.8, 4) is 0 Å². The first-order chi connectivity index (χ1) is 9.40. The predicted molar refractivity (Wildman–Crippen MR) is 76.5 cm³/mol. The van der Waals surface area contributed by atoms with Crippen LogP contribution in [0.25, 0.3) is 0 Å². The number of sulfonamides is 1. The van der Waals surface area contributed by atoms with Gasteiger partial charge in [0.15, 0.2) is 0 Å². The number of piperidine rings is 1. The van der Waals surface area contributed by atoms with E-state index in [2.05, 4.69) is 17.0 Å². The molecule has 1 aliphatic heterocycles. The second kappa shape index (κ2) is 6.20. The molecule has 1 saturated heterocycles. The maximum Gasteiger partial charge on any atom is 0.240 e. The van der Waals surface area contributed by atoms with Crippen molar-refractivity contribution in [1.82, 2.24) is 10.0 Å². The molecule has 0 aliphatic carbocycles. The van der Waals surface area contributed by atoms with Crippen molar-refractivity contribution in [3.05, 3.63) is 29.6 Å². The van der Waals surface area contributed by atoms with Crippen LogP contribution < -0.4 is 10.0 Å². The van der Waals surface area contributed by atoms with Gasteiger partial charge >= 0.3 is 0 Å². The Labute approximate surface area is 119 Å². The van der Waals surface area contributed by atoms with Crippen LogP contribution in [0.2, 0.25) is 0 Å². The fourth-order valence-electron chi connectivity index (χ4n) is 2.58. The first-order valence-corrected chi connectivity index (χ1v) is 8.37. The molecule has 0 spiro atoms. The molecule has 2 atom stereocenters. The van der Waals surface area contributed by atoms with Gasteiger partial charge in [0, 0.05) is 12.6 Å². The topological polar surface area (TPSA) is 58.2 Å². The monoisotopic (exact) mass is 300 g/mol. The Hall–Kier alpha value is -0.980. The van der Waals surface area contributed by atoms with E-state index in [1.807, 2.05) is 0 Å². The molecule has 20 heavy (non-hydrogen) atoms. The van der Waals surface area contributed by atoms with Gasteiger partial charge in [-0.15, -0.1) is 0 Å². The molecule has 112 valence electrons. The fourth-order valence-corrected chi connectivity index (χ4v) is 3.86. The summed E-state index contributed by atoms with van der Waals surface area (Å²) in [6, 6.07) is 3.86. The number of nitrogens with one attached hydrogen (secondary N) is 2. The van der Waals surface area contributed by atoms with E-state index >= 15 is 0 Å². The van der Waals surface area contributed by atoms with Crippen molar-refractivity contribution in [2.24, 2.45) is 5.92 Å². The highest BCUT2D eigenvalue weighted by Crippen LogP contribution is 2.18. The zero-order valence-electron chi connectivity index (χ0n) is 11.8. The third-order valence-electron chi connectivity index (χ3n) is 3.85. The first kappa shape index (κ1) is 15.4.